The van der Waals surface area contributed by atoms with E-state index in [2.05, 4.69) is 20.3 Å². The average Bonchev–Trinajstić information content (AvgIpc) is 3.45. The molecule has 4 heterocycles. The number of rotatable bonds is 8. The minimum Gasteiger partial charge on any atom is -0.489 e. The Morgan fingerprint density at radius 1 is 1.19 bits per heavy atom. The molecule has 0 fully saturated rings. The average molecular weight is 497 g/mol. The van der Waals surface area contributed by atoms with Crippen molar-refractivity contribution in [1.29, 1.82) is 0 Å². The highest BCUT2D eigenvalue weighted by Crippen LogP contribution is 2.32. The molecule has 0 atom stereocenters. The van der Waals surface area contributed by atoms with Gasteiger partial charge in [-0.2, -0.15) is 0 Å². The summed E-state index contributed by atoms with van der Waals surface area (Å²) in [6.07, 6.45) is 8.44. The van der Waals surface area contributed by atoms with Gasteiger partial charge in [0.05, 0.1) is 6.61 Å². The first-order valence-corrected chi connectivity index (χ1v) is 11.7. The molecule has 3 aromatic heterocycles. The van der Waals surface area contributed by atoms with Gasteiger partial charge in [-0.1, -0.05) is 6.07 Å². The van der Waals surface area contributed by atoms with E-state index >= 15 is 0 Å². The number of esters is 1. The SMILES string of the molecule is CCOC(=O)C1=C(Nc2ccc(OCc3cccnc3)cc2C)OC(=Cc2c[nH]c3ncccc23)C1=O. The lowest BCUT2D eigenvalue weighted by Gasteiger charge is -2.13. The second kappa shape index (κ2) is 10.4. The third-order valence-corrected chi connectivity index (χ3v) is 5.71. The fourth-order valence-electron chi connectivity index (χ4n) is 3.88. The van der Waals surface area contributed by atoms with Gasteiger partial charge in [0.2, 0.25) is 11.7 Å². The number of carbonyl (C=O) groups is 2. The molecule has 186 valence electrons. The predicted molar refractivity (Wildman–Crippen MR) is 137 cm³/mol. The van der Waals surface area contributed by atoms with Crippen LogP contribution in [0.1, 0.15) is 23.6 Å². The van der Waals surface area contributed by atoms with E-state index in [0.29, 0.717) is 29.3 Å². The van der Waals surface area contributed by atoms with E-state index in [0.717, 1.165) is 16.5 Å². The lowest BCUT2D eigenvalue weighted by Crippen LogP contribution is -2.16. The van der Waals surface area contributed by atoms with Crippen LogP contribution >= 0.6 is 0 Å². The fourth-order valence-corrected chi connectivity index (χ4v) is 3.88. The van der Waals surface area contributed by atoms with E-state index in [-0.39, 0.29) is 23.8 Å². The maximum absolute atomic E-state index is 13.2. The summed E-state index contributed by atoms with van der Waals surface area (Å²) < 4.78 is 16.9. The number of ether oxygens (including phenoxy) is 3. The number of pyridine rings is 2. The topological polar surface area (TPSA) is 115 Å². The van der Waals surface area contributed by atoms with E-state index in [1.807, 2.05) is 31.2 Å². The number of fused-ring (bicyclic) bond motifs is 1. The van der Waals surface area contributed by atoms with Crippen LogP contribution in [0.15, 0.2) is 84.5 Å². The Morgan fingerprint density at radius 3 is 2.84 bits per heavy atom. The maximum Gasteiger partial charge on any atom is 0.347 e. The molecule has 4 aromatic rings. The smallest absolute Gasteiger partial charge is 0.347 e. The van der Waals surface area contributed by atoms with Crippen LogP contribution in [0.5, 0.6) is 5.75 Å². The van der Waals surface area contributed by atoms with Crippen molar-refractivity contribution >= 4 is 34.5 Å². The van der Waals surface area contributed by atoms with Crippen molar-refractivity contribution in [3.8, 4) is 5.75 Å². The zero-order chi connectivity index (χ0) is 25.8. The zero-order valence-electron chi connectivity index (χ0n) is 20.3. The van der Waals surface area contributed by atoms with Gasteiger partial charge >= 0.3 is 5.97 Å². The molecule has 2 N–H and O–H groups in total. The summed E-state index contributed by atoms with van der Waals surface area (Å²) in [6, 6.07) is 12.9. The summed E-state index contributed by atoms with van der Waals surface area (Å²) in [5, 5.41) is 3.91. The molecule has 0 aliphatic carbocycles. The molecule has 5 rings (SSSR count). The Hall–Kier alpha value is -4.92. The molecule has 9 nitrogen and oxygen atoms in total. The van der Waals surface area contributed by atoms with Gasteiger partial charge in [0, 0.05) is 47.0 Å². The van der Waals surface area contributed by atoms with E-state index in [1.165, 1.54) is 0 Å². The highest BCUT2D eigenvalue weighted by Gasteiger charge is 2.37. The first-order chi connectivity index (χ1) is 18.0. The minimum atomic E-state index is -0.756. The van der Waals surface area contributed by atoms with Gasteiger partial charge in [0.15, 0.2) is 11.3 Å². The summed E-state index contributed by atoms with van der Waals surface area (Å²) in [5.74, 6) is -0.631. The number of ketones is 1. The van der Waals surface area contributed by atoms with Crippen LogP contribution in [0.4, 0.5) is 5.69 Å². The fraction of sp³-hybridized carbons (Fsp3) is 0.143. The van der Waals surface area contributed by atoms with Crippen molar-refractivity contribution in [2.75, 3.05) is 11.9 Å². The quantitative estimate of drug-likeness (QED) is 0.205. The molecule has 0 saturated heterocycles. The van der Waals surface area contributed by atoms with Crippen molar-refractivity contribution in [2.24, 2.45) is 0 Å². The number of benzene rings is 1. The number of allylic oxidation sites excluding steroid dienone is 1. The second-order valence-electron chi connectivity index (χ2n) is 8.26. The molecule has 1 aromatic carbocycles. The largest absolute Gasteiger partial charge is 0.489 e. The molecule has 0 spiro atoms. The van der Waals surface area contributed by atoms with E-state index in [1.54, 1.807) is 56.0 Å². The lowest BCUT2D eigenvalue weighted by atomic mass is 10.1. The van der Waals surface area contributed by atoms with Crippen LogP contribution in [0.3, 0.4) is 0 Å². The van der Waals surface area contributed by atoms with Gasteiger partial charge in [0.25, 0.3) is 0 Å². The molecule has 0 saturated carbocycles. The van der Waals surface area contributed by atoms with Gasteiger partial charge in [-0.3, -0.25) is 9.78 Å². The highest BCUT2D eigenvalue weighted by atomic mass is 16.5. The number of hydrogen-bond donors (Lipinski definition) is 2. The van der Waals surface area contributed by atoms with Crippen molar-refractivity contribution < 1.29 is 23.8 Å². The van der Waals surface area contributed by atoms with Crippen molar-refractivity contribution in [1.82, 2.24) is 15.0 Å². The Labute approximate surface area is 212 Å². The van der Waals surface area contributed by atoms with E-state index in [9.17, 15) is 9.59 Å². The number of hydrogen-bond acceptors (Lipinski definition) is 8. The molecule has 0 bridgehead atoms. The number of aromatic amines is 1. The third-order valence-electron chi connectivity index (χ3n) is 5.71. The monoisotopic (exact) mass is 496 g/mol. The summed E-state index contributed by atoms with van der Waals surface area (Å²) in [6.45, 7) is 4.07. The van der Waals surface area contributed by atoms with Gasteiger partial charge in [-0.05, 0) is 61.9 Å². The van der Waals surface area contributed by atoms with Crippen LogP contribution in [-0.2, 0) is 25.7 Å². The lowest BCUT2D eigenvalue weighted by molar-refractivity contribution is -0.139. The molecule has 0 amide bonds. The van der Waals surface area contributed by atoms with Crippen molar-refractivity contribution in [3.63, 3.8) is 0 Å². The highest BCUT2D eigenvalue weighted by molar-refractivity contribution is 6.26. The standard InChI is InChI=1S/C28H24N4O5/c1-3-35-28(34)24-25(33)23(13-19-15-31-26-21(19)7-5-11-30-26)37-27(24)32-22-9-8-20(12-17(22)2)36-16-18-6-4-10-29-14-18/h4-15,32H,3,16H2,1-2H3,(H,30,31). The summed E-state index contributed by atoms with van der Waals surface area (Å²) in [4.78, 5) is 37.3. The molecular weight excluding hydrogens is 472 g/mol. The summed E-state index contributed by atoms with van der Waals surface area (Å²) in [7, 11) is 0. The maximum atomic E-state index is 13.2. The Balaban J connectivity index is 1.39. The second-order valence-corrected chi connectivity index (χ2v) is 8.26. The molecule has 1 aliphatic rings. The first-order valence-electron chi connectivity index (χ1n) is 11.7. The van der Waals surface area contributed by atoms with E-state index < -0.39 is 11.8 Å². The molecule has 9 heteroatoms. The van der Waals surface area contributed by atoms with Gasteiger partial charge in [-0.15, -0.1) is 0 Å². The third kappa shape index (κ3) is 5.06. The number of Topliss-reactive ketones (excluding diaryl/α,β-unsaturated/α-hetero) is 1. The molecule has 0 radical (unpaired) electrons. The number of nitrogens with one attached hydrogen (secondary N) is 2. The van der Waals surface area contributed by atoms with Crippen molar-refractivity contribution in [3.05, 3.63) is 101 Å². The minimum absolute atomic E-state index is 0.00406. The molecule has 1 aliphatic heterocycles. The van der Waals surface area contributed by atoms with Crippen LogP contribution < -0.4 is 10.1 Å². The van der Waals surface area contributed by atoms with E-state index in [4.69, 9.17) is 14.2 Å². The number of aryl methyl sites for hydroxylation is 1. The number of anilines is 1. The van der Waals surface area contributed by atoms with Crippen LogP contribution in [0.25, 0.3) is 17.1 Å². The van der Waals surface area contributed by atoms with Gasteiger partial charge in [-0.25, -0.2) is 9.78 Å². The van der Waals surface area contributed by atoms with Crippen LogP contribution in [0, 0.1) is 6.92 Å². The molecule has 37 heavy (non-hydrogen) atoms. The Morgan fingerprint density at radius 2 is 2.05 bits per heavy atom. The number of nitrogens with zero attached hydrogens (tertiary/aromatic N) is 2. The first kappa shape index (κ1) is 23.8. The Kier molecular flexibility index (Phi) is 6.67. The van der Waals surface area contributed by atoms with Crippen molar-refractivity contribution in [2.45, 2.75) is 20.5 Å². The number of H-pyrrole nitrogens is 1. The van der Waals surface area contributed by atoms with Gasteiger partial charge in [0.1, 0.15) is 18.0 Å². The number of carbonyl (C=O) groups excluding carboxylic acids is 2. The molecule has 0 unspecified atom stereocenters. The Bertz CT molecular complexity index is 1540. The van der Waals surface area contributed by atoms with Crippen LogP contribution in [0.2, 0.25) is 0 Å². The molecular formula is C28H24N4O5. The summed E-state index contributed by atoms with van der Waals surface area (Å²) >= 11 is 0. The number of aromatic nitrogens is 3. The summed E-state index contributed by atoms with van der Waals surface area (Å²) in [5.41, 5.74) is 3.63. The normalized spacial score (nSPS) is 14.2. The zero-order valence-corrected chi connectivity index (χ0v) is 20.3. The van der Waals surface area contributed by atoms with Crippen LogP contribution in [-0.4, -0.2) is 33.3 Å². The predicted octanol–water partition coefficient (Wildman–Crippen LogP) is 4.67. The van der Waals surface area contributed by atoms with Gasteiger partial charge < -0.3 is 24.5 Å².